The molecule has 130 valence electrons. The molecule has 0 spiro atoms. The lowest BCUT2D eigenvalue weighted by atomic mass is 10.1. The Balaban J connectivity index is 2.49. The molecule has 1 fully saturated rings. The highest BCUT2D eigenvalue weighted by Gasteiger charge is 2.34. The van der Waals surface area contributed by atoms with Gasteiger partial charge >= 0.3 is 6.18 Å². The Morgan fingerprint density at radius 3 is 2.57 bits per heavy atom. The molecule has 0 saturated carbocycles. The first kappa shape index (κ1) is 19.0. The van der Waals surface area contributed by atoms with Crippen LogP contribution in [0.3, 0.4) is 0 Å². The minimum Gasteiger partial charge on any atom is -0.347 e. The van der Waals surface area contributed by atoms with E-state index in [4.69, 9.17) is 0 Å². The summed E-state index contributed by atoms with van der Waals surface area (Å²) in [7, 11) is 0. The first-order chi connectivity index (χ1) is 10.7. The molecule has 0 aromatic heterocycles. The highest BCUT2D eigenvalue weighted by molar-refractivity contribution is 5.91. The maximum absolute atomic E-state index is 12.1. The Morgan fingerprint density at radius 1 is 1.39 bits per heavy atom. The van der Waals surface area contributed by atoms with Crippen molar-refractivity contribution in [3.05, 3.63) is 12.7 Å². The number of amides is 3. The summed E-state index contributed by atoms with van der Waals surface area (Å²) < 4.78 is 36.2. The number of alkyl halides is 3. The molecule has 1 unspecified atom stereocenters. The molecule has 0 bridgehead atoms. The minimum absolute atomic E-state index is 0.0579. The predicted octanol–water partition coefficient (Wildman–Crippen LogP) is 0.548. The van der Waals surface area contributed by atoms with E-state index in [1.165, 1.54) is 9.80 Å². The van der Waals surface area contributed by atoms with Crippen LogP contribution in [0.4, 0.5) is 13.2 Å². The molecule has 9 heteroatoms. The van der Waals surface area contributed by atoms with Crippen molar-refractivity contribution in [2.45, 2.75) is 19.5 Å². The van der Waals surface area contributed by atoms with Crippen molar-refractivity contribution in [1.29, 1.82) is 0 Å². The fourth-order valence-corrected chi connectivity index (χ4v) is 2.27. The van der Waals surface area contributed by atoms with E-state index < -0.39 is 24.5 Å². The molecule has 0 aromatic rings. The van der Waals surface area contributed by atoms with Crippen molar-refractivity contribution in [3.8, 4) is 0 Å². The van der Waals surface area contributed by atoms with Crippen molar-refractivity contribution in [2.24, 2.45) is 5.92 Å². The van der Waals surface area contributed by atoms with E-state index in [2.05, 4.69) is 6.58 Å². The Morgan fingerprint density at radius 2 is 2.04 bits per heavy atom. The van der Waals surface area contributed by atoms with Gasteiger partial charge in [0.1, 0.15) is 6.54 Å². The number of nitrogens with one attached hydrogen (secondary N) is 1. The van der Waals surface area contributed by atoms with Gasteiger partial charge in [-0.05, 0) is 19.4 Å². The SMILES string of the molecule is C=CC(=O)N(CC)CC(=O)N1CCC(C(=O)NCC(F)(F)F)C1. The number of hydrogen-bond acceptors (Lipinski definition) is 3. The molecule has 1 aliphatic rings. The molecular formula is C14H20F3N3O3. The number of hydrogen-bond donors (Lipinski definition) is 1. The van der Waals surface area contributed by atoms with Crippen LogP contribution in [0.2, 0.25) is 0 Å². The normalized spacial score (nSPS) is 17.7. The zero-order valence-electron chi connectivity index (χ0n) is 12.9. The largest absolute Gasteiger partial charge is 0.405 e. The van der Waals surface area contributed by atoms with Crippen molar-refractivity contribution >= 4 is 17.7 Å². The maximum Gasteiger partial charge on any atom is 0.405 e. The Hall–Kier alpha value is -2.06. The Bertz CT molecular complexity index is 480. The fourth-order valence-electron chi connectivity index (χ4n) is 2.27. The monoisotopic (exact) mass is 335 g/mol. The first-order valence-corrected chi connectivity index (χ1v) is 7.21. The average molecular weight is 335 g/mol. The molecule has 6 nitrogen and oxygen atoms in total. The van der Waals surface area contributed by atoms with E-state index in [1.807, 2.05) is 5.32 Å². The van der Waals surface area contributed by atoms with Gasteiger partial charge in [0.15, 0.2) is 0 Å². The second-order valence-corrected chi connectivity index (χ2v) is 5.21. The first-order valence-electron chi connectivity index (χ1n) is 7.21. The summed E-state index contributed by atoms with van der Waals surface area (Å²) in [5.41, 5.74) is 0. The molecule has 0 aliphatic carbocycles. The van der Waals surface area contributed by atoms with Gasteiger partial charge in [-0.3, -0.25) is 14.4 Å². The topological polar surface area (TPSA) is 69.7 Å². The molecule has 3 amide bonds. The van der Waals surface area contributed by atoms with Crippen LogP contribution in [0.1, 0.15) is 13.3 Å². The number of likely N-dealkylation sites (N-methyl/N-ethyl adjacent to an activating group) is 1. The number of nitrogens with zero attached hydrogens (tertiary/aromatic N) is 2. The van der Waals surface area contributed by atoms with Gasteiger partial charge < -0.3 is 15.1 Å². The van der Waals surface area contributed by atoms with Crippen LogP contribution in [0.5, 0.6) is 0 Å². The fraction of sp³-hybridized carbons (Fsp3) is 0.643. The van der Waals surface area contributed by atoms with Crippen LogP contribution in [0.25, 0.3) is 0 Å². The van der Waals surface area contributed by atoms with Crippen LogP contribution in [-0.4, -0.2) is 66.4 Å². The molecule has 1 atom stereocenters. The second-order valence-electron chi connectivity index (χ2n) is 5.21. The summed E-state index contributed by atoms with van der Waals surface area (Å²) in [6, 6.07) is 0. The maximum atomic E-state index is 12.1. The van der Waals surface area contributed by atoms with Crippen molar-refractivity contribution < 1.29 is 27.6 Å². The number of carbonyl (C=O) groups is 3. The van der Waals surface area contributed by atoms with Crippen LogP contribution in [0.15, 0.2) is 12.7 Å². The molecular weight excluding hydrogens is 315 g/mol. The highest BCUT2D eigenvalue weighted by Crippen LogP contribution is 2.18. The van der Waals surface area contributed by atoms with E-state index in [0.717, 1.165) is 6.08 Å². The van der Waals surface area contributed by atoms with Crippen molar-refractivity contribution in [2.75, 3.05) is 32.7 Å². The van der Waals surface area contributed by atoms with Gasteiger partial charge in [-0.25, -0.2) is 0 Å². The zero-order valence-corrected chi connectivity index (χ0v) is 12.9. The summed E-state index contributed by atoms with van der Waals surface area (Å²) >= 11 is 0. The Labute approximate surface area is 132 Å². The summed E-state index contributed by atoms with van der Waals surface area (Å²) in [6.07, 6.45) is -3.05. The van der Waals surface area contributed by atoms with E-state index in [1.54, 1.807) is 6.92 Å². The van der Waals surface area contributed by atoms with Gasteiger partial charge in [-0.1, -0.05) is 6.58 Å². The van der Waals surface area contributed by atoms with Gasteiger partial charge in [0, 0.05) is 19.6 Å². The molecule has 0 radical (unpaired) electrons. The lowest BCUT2D eigenvalue weighted by Gasteiger charge is -2.23. The van der Waals surface area contributed by atoms with Gasteiger partial charge in [-0.15, -0.1) is 0 Å². The summed E-state index contributed by atoms with van der Waals surface area (Å²) in [5.74, 6) is -2.09. The van der Waals surface area contributed by atoms with E-state index in [-0.39, 0.29) is 31.4 Å². The molecule has 0 aromatic carbocycles. The highest BCUT2D eigenvalue weighted by atomic mass is 19.4. The predicted molar refractivity (Wildman–Crippen MR) is 76.2 cm³/mol. The molecule has 1 aliphatic heterocycles. The quantitative estimate of drug-likeness (QED) is 0.721. The van der Waals surface area contributed by atoms with E-state index >= 15 is 0 Å². The van der Waals surface area contributed by atoms with Gasteiger partial charge in [0.05, 0.1) is 12.5 Å². The molecule has 1 heterocycles. The smallest absolute Gasteiger partial charge is 0.347 e. The summed E-state index contributed by atoms with van der Waals surface area (Å²) in [5, 5.41) is 1.82. The van der Waals surface area contributed by atoms with Crippen LogP contribution >= 0.6 is 0 Å². The van der Waals surface area contributed by atoms with E-state index in [0.29, 0.717) is 13.0 Å². The molecule has 1 rings (SSSR count). The third-order valence-electron chi connectivity index (χ3n) is 3.57. The summed E-state index contributed by atoms with van der Waals surface area (Å²) in [6.45, 7) is 4.21. The van der Waals surface area contributed by atoms with Crippen molar-refractivity contribution in [3.63, 3.8) is 0 Å². The summed E-state index contributed by atoms with van der Waals surface area (Å²) in [4.78, 5) is 38.0. The number of halogens is 3. The second kappa shape index (κ2) is 7.98. The molecule has 1 N–H and O–H groups in total. The van der Waals surface area contributed by atoms with Crippen LogP contribution in [-0.2, 0) is 14.4 Å². The van der Waals surface area contributed by atoms with Gasteiger partial charge in [-0.2, -0.15) is 13.2 Å². The average Bonchev–Trinajstić information content (AvgIpc) is 2.98. The van der Waals surface area contributed by atoms with Crippen LogP contribution < -0.4 is 5.32 Å². The standard InChI is InChI=1S/C14H20F3N3O3/c1-3-11(21)19(4-2)8-12(22)20-6-5-10(7-20)13(23)18-9-14(15,16)17/h3,10H,1,4-9H2,2H3,(H,18,23). The lowest BCUT2D eigenvalue weighted by Crippen LogP contribution is -2.42. The van der Waals surface area contributed by atoms with Gasteiger partial charge in [0.2, 0.25) is 17.7 Å². The zero-order chi connectivity index (χ0) is 17.6. The van der Waals surface area contributed by atoms with Crippen molar-refractivity contribution in [1.82, 2.24) is 15.1 Å². The van der Waals surface area contributed by atoms with Gasteiger partial charge in [0.25, 0.3) is 0 Å². The van der Waals surface area contributed by atoms with Crippen LogP contribution in [0, 0.1) is 5.92 Å². The molecule has 23 heavy (non-hydrogen) atoms. The van der Waals surface area contributed by atoms with E-state index in [9.17, 15) is 27.6 Å². The molecule has 1 saturated heterocycles. The number of carbonyl (C=O) groups excluding carboxylic acids is 3. The Kier molecular flexibility index (Phi) is 6.59. The number of likely N-dealkylation sites (tertiary alicyclic amines) is 1. The minimum atomic E-state index is -4.46. The third-order valence-corrected chi connectivity index (χ3v) is 3.57. The lowest BCUT2D eigenvalue weighted by molar-refractivity contribution is -0.141. The number of rotatable bonds is 6. The third kappa shape index (κ3) is 5.91.